The Labute approximate surface area is 145 Å². The van der Waals surface area contributed by atoms with E-state index in [9.17, 15) is 4.79 Å². The second kappa shape index (κ2) is 7.99. The zero-order valence-electron chi connectivity index (χ0n) is 14.8. The molecule has 3 rings (SSSR count). The minimum absolute atomic E-state index is 0.0767. The molecule has 0 spiro atoms. The molecule has 0 aliphatic carbocycles. The largest absolute Gasteiger partial charge is 0.378 e. The first-order valence-corrected chi connectivity index (χ1v) is 9.04. The third kappa shape index (κ3) is 4.08. The van der Waals surface area contributed by atoms with E-state index in [1.165, 1.54) is 6.42 Å². The van der Waals surface area contributed by atoms with Gasteiger partial charge in [-0.1, -0.05) is 26.0 Å². The lowest BCUT2D eigenvalue weighted by molar-refractivity contribution is 0.0303. The van der Waals surface area contributed by atoms with Crippen LogP contribution in [0.1, 0.15) is 37.0 Å². The van der Waals surface area contributed by atoms with Crippen LogP contribution < -0.4 is 10.2 Å². The van der Waals surface area contributed by atoms with Crippen molar-refractivity contribution in [2.24, 2.45) is 0 Å². The quantitative estimate of drug-likeness (QED) is 0.916. The van der Waals surface area contributed by atoms with Crippen molar-refractivity contribution in [1.82, 2.24) is 10.2 Å². The molecule has 131 valence electrons. The van der Waals surface area contributed by atoms with Gasteiger partial charge in [0.25, 0.3) is 5.91 Å². The van der Waals surface area contributed by atoms with Crippen LogP contribution in [0.15, 0.2) is 18.2 Å². The van der Waals surface area contributed by atoms with E-state index in [4.69, 9.17) is 4.74 Å². The number of amides is 1. The van der Waals surface area contributed by atoms with E-state index in [1.54, 1.807) is 0 Å². The number of ether oxygens (including phenoxy) is 1. The van der Waals surface area contributed by atoms with E-state index in [1.807, 2.05) is 17.0 Å². The fourth-order valence-corrected chi connectivity index (χ4v) is 3.59. The Hall–Kier alpha value is -1.59. The number of benzene rings is 1. The maximum absolute atomic E-state index is 12.9. The summed E-state index contributed by atoms with van der Waals surface area (Å²) in [6, 6.07) is 10.0. The Bertz CT molecular complexity index is 555. The van der Waals surface area contributed by atoms with E-state index < -0.39 is 0 Å². The van der Waals surface area contributed by atoms with Crippen molar-refractivity contribution < 1.29 is 9.53 Å². The molecule has 1 amide bonds. The van der Waals surface area contributed by atoms with Crippen molar-refractivity contribution in [2.75, 3.05) is 44.3 Å². The molecule has 2 saturated heterocycles. The monoisotopic (exact) mass is 330 g/mol. The van der Waals surface area contributed by atoms with Crippen molar-refractivity contribution in [3.63, 3.8) is 0 Å². The van der Waals surface area contributed by atoms with Crippen LogP contribution in [-0.4, -0.2) is 62.3 Å². The predicted molar refractivity (Wildman–Crippen MR) is 95.5 cm³/mol. The first-order valence-electron chi connectivity index (χ1n) is 9.04. The van der Waals surface area contributed by atoms with Crippen LogP contribution in [0.3, 0.4) is 0 Å². The molecule has 2 heterocycles. The summed E-state index contributed by atoms with van der Waals surface area (Å²) in [5.41, 5.74) is 1.72. The lowest BCUT2D eigenvalue weighted by Gasteiger charge is -2.37. The van der Waals surface area contributed by atoms with Crippen LogP contribution in [-0.2, 0) is 4.74 Å². The summed E-state index contributed by atoms with van der Waals surface area (Å²) < 4.78 is 5.36. The van der Waals surface area contributed by atoms with Crippen LogP contribution in [0, 0.1) is 6.07 Å². The van der Waals surface area contributed by atoms with Gasteiger partial charge in [-0.2, -0.15) is 0 Å². The van der Waals surface area contributed by atoms with Gasteiger partial charge in [-0.3, -0.25) is 4.79 Å². The Morgan fingerprint density at radius 3 is 2.88 bits per heavy atom. The number of rotatable bonds is 4. The summed E-state index contributed by atoms with van der Waals surface area (Å²) in [6.07, 6.45) is 2.34. The van der Waals surface area contributed by atoms with Crippen molar-refractivity contribution in [3.05, 3.63) is 29.8 Å². The molecule has 0 saturated carbocycles. The van der Waals surface area contributed by atoms with E-state index in [-0.39, 0.29) is 5.91 Å². The molecule has 2 fully saturated rings. The molecule has 1 N–H and O–H groups in total. The highest BCUT2D eigenvalue weighted by Crippen LogP contribution is 2.25. The summed E-state index contributed by atoms with van der Waals surface area (Å²) >= 11 is 0. The minimum atomic E-state index is 0.0767. The molecule has 2 aliphatic heterocycles. The van der Waals surface area contributed by atoms with E-state index in [2.05, 4.69) is 36.2 Å². The molecule has 1 radical (unpaired) electrons. The number of nitrogens with zero attached hydrogens (tertiary/aromatic N) is 2. The number of hydrogen-bond acceptors (Lipinski definition) is 4. The molecule has 0 unspecified atom stereocenters. The standard InChI is InChI=1S/C19H28N3O2/c1-15(2)20-16-6-5-9-22(14-16)18-8-4-3-7-17(18)19(23)21-10-12-24-13-11-21/h3-4,8,15-16,20H,5-6,9-14H2,1-2H3/t16-/m1/s1. The Morgan fingerprint density at radius 1 is 1.33 bits per heavy atom. The van der Waals surface area contributed by atoms with Crippen LogP contribution in [0.25, 0.3) is 0 Å². The van der Waals surface area contributed by atoms with Gasteiger partial charge in [0.15, 0.2) is 0 Å². The number of carbonyl (C=O) groups excluding carboxylic acids is 1. The van der Waals surface area contributed by atoms with Gasteiger partial charge in [-0.15, -0.1) is 0 Å². The molecule has 2 aliphatic rings. The number of anilines is 1. The van der Waals surface area contributed by atoms with Crippen LogP contribution >= 0.6 is 0 Å². The first kappa shape index (κ1) is 17.2. The van der Waals surface area contributed by atoms with E-state index >= 15 is 0 Å². The average molecular weight is 330 g/mol. The number of nitrogens with one attached hydrogen (secondary N) is 1. The van der Waals surface area contributed by atoms with Crippen LogP contribution in [0.5, 0.6) is 0 Å². The summed E-state index contributed by atoms with van der Waals surface area (Å²) in [5, 5.41) is 3.63. The van der Waals surface area contributed by atoms with Gasteiger partial charge in [0, 0.05) is 38.3 Å². The second-order valence-corrected chi connectivity index (χ2v) is 6.94. The first-order chi connectivity index (χ1) is 11.6. The summed E-state index contributed by atoms with van der Waals surface area (Å²) in [6.45, 7) is 8.88. The molecular weight excluding hydrogens is 302 g/mol. The number of morpholine rings is 1. The molecule has 1 aromatic carbocycles. The smallest absolute Gasteiger partial charge is 0.256 e. The van der Waals surface area contributed by atoms with Gasteiger partial charge < -0.3 is 19.9 Å². The molecule has 1 atom stereocenters. The third-order valence-electron chi connectivity index (χ3n) is 4.68. The molecule has 5 nitrogen and oxygen atoms in total. The van der Waals surface area contributed by atoms with Crippen LogP contribution in [0.2, 0.25) is 0 Å². The molecule has 0 aromatic heterocycles. The SMILES string of the molecule is CC(C)N[C@@H]1CCCN(c2ccc[c]c2C(=O)N2CCOCC2)C1. The number of piperidine rings is 1. The van der Waals surface area contributed by atoms with Gasteiger partial charge in [0.2, 0.25) is 0 Å². The van der Waals surface area contributed by atoms with Gasteiger partial charge in [0.1, 0.15) is 0 Å². The van der Waals surface area contributed by atoms with Crippen LogP contribution in [0.4, 0.5) is 5.69 Å². The van der Waals surface area contributed by atoms with Gasteiger partial charge >= 0.3 is 0 Å². The molecular formula is C19H28N3O2. The fourth-order valence-electron chi connectivity index (χ4n) is 3.59. The number of hydrogen-bond donors (Lipinski definition) is 1. The topological polar surface area (TPSA) is 44.8 Å². The van der Waals surface area contributed by atoms with Gasteiger partial charge in [-0.05, 0) is 25.0 Å². The third-order valence-corrected chi connectivity index (χ3v) is 4.68. The fraction of sp³-hybridized carbons (Fsp3) is 0.632. The highest BCUT2D eigenvalue weighted by Gasteiger charge is 2.26. The molecule has 24 heavy (non-hydrogen) atoms. The lowest BCUT2D eigenvalue weighted by atomic mass is 10.0. The zero-order chi connectivity index (χ0) is 16.9. The normalized spacial score (nSPS) is 22.0. The Balaban J connectivity index is 1.77. The maximum Gasteiger partial charge on any atom is 0.256 e. The summed E-state index contributed by atoms with van der Waals surface area (Å²) in [5.74, 6) is 0.0767. The zero-order valence-corrected chi connectivity index (χ0v) is 14.8. The minimum Gasteiger partial charge on any atom is -0.378 e. The van der Waals surface area contributed by atoms with E-state index in [0.717, 1.165) is 25.2 Å². The van der Waals surface area contributed by atoms with E-state index in [0.29, 0.717) is 44.0 Å². The maximum atomic E-state index is 12.9. The highest BCUT2D eigenvalue weighted by molar-refractivity contribution is 5.99. The van der Waals surface area contributed by atoms with Crippen molar-refractivity contribution in [3.8, 4) is 0 Å². The molecule has 1 aromatic rings. The molecule has 0 bridgehead atoms. The van der Waals surface area contributed by atoms with Gasteiger partial charge in [0.05, 0.1) is 24.5 Å². The predicted octanol–water partition coefficient (Wildman–Crippen LogP) is 1.93. The lowest BCUT2D eigenvalue weighted by Crippen LogP contribution is -2.48. The van der Waals surface area contributed by atoms with Crippen molar-refractivity contribution in [1.29, 1.82) is 0 Å². The van der Waals surface area contributed by atoms with Crippen molar-refractivity contribution in [2.45, 2.75) is 38.8 Å². The highest BCUT2D eigenvalue weighted by atomic mass is 16.5. The second-order valence-electron chi connectivity index (χ2n) is 6.94. The Kier molecular flexibility index (Phi) is 5.74. The van der Waals surface area contributed by atoms with Crippen molar-refractivity contribution >= 4 is 11.6 Å². The summed E-state index contributed by atoms with van der Waals surface area (Å²) in [4.78, 5) is 17.1. The van der Waals surface area contributed by atoms with Gasteiger partial charge in [-0.25, -0.2) is 0 Å². The average Bonchev–Trinajstić information content (AvgIpc) is 2.61. The molecule has 5 heteroatoms. The number of carbonyl (C=O) groups is 1. The Morgan fingerprint density at radius 2 is 2.12 bits per heavy atom. The summed E-state index contributed by atoms with van der Waals surface area (Å²) in [7, 11) is 0.